The number of ether oxygens (including phenoxy) is 4. The van der Waals surface area contributed by atoms with Crippen molar-refractivity contribution in [2.75, 3.05) is 19.8 Å². The van der Waals surface area contributed by atoms with Crippen LogP contribution in [-0.4, -0.2) is 67.0 Å². The Hall–Kier alpha value is -3.23. The molecule has 218 valence electrons. The lowest BCUT2D eigenvalue weighted by molar-refractivity contribution is 0.00470. The normalized spacial score (nSPS) is 21.9. The van der Waals surface area contributed by atoms with E-state index in [1.54, 1.807) is 0 Å². The van der Waals surface area contributed by atoms with Gasteiger partial charge in [0.2, 0.25) is 5.88 Å². The number of aliphatic hydroxyl groups is 1. The molecule has 2 aromatic heterocycles. The maximum atomic E-state index is 10.4. The summed E-state index contributed by atoms with van der Waals surface area (Å²) in [5.41, 5.74) is 5.04. The van der Waals surface area contributed by atoms with Gasteiger partial charge in [-0.3, -0.25) is 4.57 Å². The van der Waals surface area contributed by atoms with Gasteiger partial charge in [0, 0.05) is 20.2 Å². The second-order valence-electron chi connectivity index (χ2n) is 12.0. The van der Waals surface area contributed by atoms with Crippen molar-refractivity contribution < 1.29 is 24.1 Å². The van der Waals surface area contributed by atoms with Gasteiger partial charge in [-0.25, -0.2) is 4.98 Å². The minimum Gasteiger partial charge on any atom is -0.469 e. The number of hydrogen-bond donors (Lipinski definition) is 1. The van der Waals surface area contributed by atoms with Crippen LogP contribution in [0.2, 0.25) is 30.7 Å². The number of hydrogen-bond acceptors (Lipinski definition) is 7. The second-order valence-corrected chi connectivity index (χ2v) is 18.0. The van der Waals surface area contributed by atoms with Crippen LogP contribution in [-0.2, 0) is 20.9 Å². The SMILES string of the molecule is C[Si](C)(C)CCOCn1c(O[C@@H]2CO[C@H]3[C@@H]2OC[C@H]3O)c(C#N)c2nc(-c3ccc(-c4ccccc4)cc3)c(Cl)cc21. The lowest BCUT2D eigenvalue weighted by Crippen LogP contribution is -2.35. The number of pyridine rings is 1. The average molecular weight is 604 g/mol. The molecule has 0 amide bonds. The van der Waals surface area contributed by atoms with Crippen molar-refractivity contribution >= 4 is 30.7 Å². The highest BCUT2D eigenvalue weighted by Gasteiger charge is 2.49. The number of nitrogens with zero attached hydrogens (tertiary/aromatic N) is 3. The molecule has 1 N–H and O–H groups in total. The fourth-order valence-corrected chi connectivity index (χ4v) is 6.45. The van der Waals surface area contributed by atoms with Crippen molar-refractivity contribution in [1.82, 2.24) is 9.55 Å². The lowest BCUT2D eigenvalue weighted by Gasteiger charge is -2.20. The molecule has 8 nitrogen and oxygen atoms in total. The van der Waals surface area contributed by atoms with Gasteiger partial charge in [-0.05, 0) is 23.2 Å². The molecule has 0 unspecified atom stereocenters. The third kappa shape index (κ3) is 5.71. The second kappa shape index (κ2) is 11.8. The molecule has 2 aromatic carbocycles. The van der Waals surface area contributed by atoms with Crippen molar-refractivity contribution in [2.24, 2.45) is 0 Å². The van der Waals surface area contributed by atoms with Crippen LogP contribution in [0.4, 0.5) is 0 Å². The van der Waals surface area contributed by atoms with Gasteiger partial charge in [0.05, 0.1) is 29.4 Å². The molecule has 2 fully saturated rings. The van der Waals surface area contributed by atoms with Crippen LogP contribution in [0.5, 0.6) is 5.88 Å². The summed E-state index contributed by atoms with van der Waals surface area (Å²) in [4.78, 5) is 4.91. The number of fused-ring (bicyclic) bond motifs is 2. The van der Waals surface area contributed by atoms with Crippen molar-refractivity contribution in [3.05, 3.63) is 71.2 Å². The Morgan fingerprint density at radius 3 is 2.43 bits per heavy atom. The van der Waals surface area contributed by atoms with E-state index in [4.69, 9.17) is 35.5 Å². The van der Waals surface area contributed by atoms with E-state index < -0.39 is 32.5 Å². The molecule has 2 saturated heterocycles. The number of nitriles is 1. The highest BCUT2D eigenvalue weighted by atomic mass is 35.5. The van der Waals surface area contributed by atoms with E-state index in [2.05, 4.69) is 37.8 Å². The Morgan fingerprint density at radius 1 is 1.02 bits per heavy atom. The molecule has 0 saturated carbocycles. The fraction of sp³-hybridized carbons (Fsp3) is 0.375. The quantitative estimate of drug-likeness (QED) is 0.182. The highest BCUT2D eigenvalue weighted by molar-refractivity contribution is 6.76. The maximum Gasteiger partial charge on any atom is 0.217 e. The van der Waals surface area contributed by atoms with Gasteiger partial charge in [-0.1, -0.05) is 85.8 Å². The first-order valence-electron chi connectivity index (χ1n) is 14.2. The van der Waals surface area contributed by atoms with Crippen LogP contribution in [0, 0.1) is 11.3 Å². The van der Waals surface area contributed by atoms with Crippen molar-refractivity contribution in [1.29, 1.82) is 5.26 Å². The van der Waals surface area contributed by atoms with E-state index in [9.17, 15) is 10.4 Å². The predicted molar refractivity (Wildman–Crippen MR) is 164 cm³/mol. The summed E-state index contributed by atoms with van der Waals surface area (Å²) in [5, 5.41) is 21.0. The van der Waals surface area contributed by atoms with Crippen LogP contribution in [0.3, 0.4) is 0 Å². The predicted octanol–water partition coefficient (Wildman–Crippen LogP) is 6.11. The molecule has 2 aliphatic heterocycles. The molecule has 0 spiro atoms. The molecule has 4 heterocycles. The first-order chi connectivity index (χ1) is 20.2. The largest absolute Gasteiger partial charge is 0.469 e. The van der Waals surface area contributed by atoms with Gasteiger partial charge in [0.1, 0.15) is 42.2 Å². The molecule has 6 rings (SSSR count). The Balaban J connectivity index is 1.38. The molecule has 4 aromatic rings. The van der Waals surface area contributed by atoms with Crippen LogP contribution >= 0.6 is 11.6 Å². The average Bonchev–Trinajstić information content (AvgIpc) is 3.64. The summed E-state index contributed by atoms with van der Waals surface area (Å²) in [6.07, 6.45) is -2.08. The third-order valence-electron chi connectivity index (χ3n) is 7.78. The van der Waals surface area contributed by atoms with Gasteiger partial charge in [0.15, 0.2) is 6.10 Å². The molecule has 0 bridgehead atoms. The van der Waals surface area contributed by atoms with E-state index in [1.165, 1.54) is 0 Å². The van der Waals surface area contributed by atoms with Crippen LogP contribution in [0.1, 0.15) is 5.56 Å². The van der Waals surface area contributed by atoms with E-state index in [1.807, 2.05) is 53.1 Å². The third-order valence-corrected chi connectivity index (χ3v) is 9.77. The summed E-state index contributed by atoms with van der Waals surface area (Å²) in [6, 6.07) is 23.3. The van der Waals surface area contributed by atoms with Crippen LogP contribution < -0.4 is 4.74 Å². The van der Waals surface area contributed by atoms with Crippen molar-refractivity contribution in [3.63, 3.8) is 0 Å². The van der Waals surface area contributed by atoms with Gasteiger partial charge >= 0.3 is 0 Å². The smallest absolute Gasteiger partial charge is 0.217 e. The van der Waals surface area contributed by atoms with Gasteiger partial charge in [-0.2, -0.15) is 5.26 Å². The zero-order chi connectivity index (χ0) is 29.4. The zero-order valence-electron chi connectivity index (χ0n) is 23.9. The number of benzene rings is 2. The molecule has 0 radical (unpaired) electrons. The molecular weight excluding hydrogens is 570 g/mol. The van der Waals surface area contributed by atoms with Crippen LogP contribution in [0.25, 0.3) is 33.4 Å². The molecule has 4 atom stereocenters. The van der Waals surface area contributed by atoms with Crippen molar-refractivity contribution in [3.8, 4) is 34.3 Å². The van der Waals surface area contributed by atoms with E-state index in [0.29, 0.717) is 39.8 Å². The summed E-state index contributed by atoms with van der Waals surface area (Å²) in [6.45, 7) is 8.09. The number of rotatable bonds is 9. The van der Waals surface area contributed by atoms with Crippen molar-refractivity contribution in [2.45, 2.75) is 56.8 Å². The Bertz CT molecular complexity index is 1610. The first kappa shape index (κ1) is 28.9. The monoisotopic (exact) mass is 603 g/mol. The van der Waals surface area contributed by atoms with E-state index in [-0.39, 0.29) is 19.9 Å². The van der Waals surface area contributed by atoms with Gasteiger partial charge in [-0.15, -0.1) is 0 Å². The van der Waals surface area contributed by atoms with Gasteiger partial charge in [0.25, 0.3) is 0 Å². The standard InChI is InChI=1S/C32H34ClN3O5Si/c1-42(2,3)14-13-38-19-36-25-15-24(33)28(22-11-9-21(10-12-22)20-7-5-4-6-8-20)35-29(25)23(16-34)32(36)41-27-18-40-30-26(37)17-39-31(27)30/h4-12,15,26-27,30-31,37H,13-14,17-19H2,1-3H3/t26-,27-,30-,31-/m1/s1. The Labute approximate surface area is 251 Å². The van der Waals surface area contributed by atoms with E-state index >= 15 is 0 Å². The summed E-state index contributed by atoms with van der Waals surface area (Å²) < 4.78 is 25.9. The number of aliphatic hydroxyl groups excluding tert-OH is 1. The number of halogens is 1. The Kier molecular flexibility index (Phi) is 8.11. The van der Waals surface area contributed by atoms with Gasteiger partial charge < -0.3 is 24.1 Å². The molecule has 42 heavy (non-hydrogen) atoms. The maximum absolute atomic E-state index is 10.4. The van der Waals surface area contributed by atoms with Crippen LogP contribution in [0.15, 0.2) is 60.7 Å². The lowest BCUT2D eigenvalue weighted by atomic mass is 10.0. The minimum absolute atomic E-state index is 0.173. The minimum atomic E-state index is -1.30. The van der Waals surface area contributed by atoms with E-state index in [0.717, 1.165) is 22.7 Å². The summed E-state index contributed by atoms with van der Waals surface area (Å²) >= 11 is 6.85. The first-order valence-corrected chi connectivity index (χ1v) is 18.3. The highest BCUT2D eigenvalue weighted by Crippen LogP contribution is 2.39. The summed E-state index contributed by atoms with van der Waals surface area (Å²) in [5.74, 6) is 0.333. The molecule has 2 aliphatic rings. The number of aromatic nitrogens is 2. The zero-order valence-corrected chi connectivity index (χ0v) is 25.7. The topological polar surface area (TPSA) is 98.8 Å². The Morgan fingerprint density at radius 2 is 1.71 bits per heavy atom. The summed E-state index contributed by atoms with van der Waals surface area (Å²) in [7, 11) is -1.30. The molecule has 0 aliphatic carbocycles. The fourth-order valence-electron chi connectivity index (χ4n) is 5.44. The molecule has 10 heteroatoms. The molecular formula is C32H34ClN3O5Si.